The van der Waals surface area contributed by atoms with Crippen LogP contribution in [0.3, 0.4) is 0 Å². The van der Waals surface area contributed by atoms with Gasteiger partial charge in [-0.05, 0) is 17.7 Å². The maximum atomic E-state index is 12.6. The van der Waals surface area contributed by atoms with Crippen molar-refractivity contribution in [3.63, 3.8) is 0 Å². The van der Waals surface area contributed by atoms with E-state index < -0.39 is 12.0 Å². The number of alkyl halides is 3. The Labute approximate surface area is 116 Å². The summed E-state index contributed by atoms with van der Waals surface area (Å²) in [5.41, 5.74) is 12.6. The van der Waals surface area contributed by atoms with Crippen molar-refractivity contribution in [3.05, 3.63) is 30.2 Å². The number of imidazole rings is 1. The lowest BCUT2D eigenvalue weighted by atomic mass is 10.1. The van der Waals surface area contributed by atoms with Crippen molar-refractivity contribution < 1.29 is 13.2 Å². The fourth-order valence-electron chi connectivity index (χ4n) is 1.94. The van der Waals surface area contributed by atoms with Crippen molar-refractivity contribution in [3.8, 4) is 11.1 Å². The van der Waals surface area contributed by atoms with Gasteiger partial charge in [-0.25, -0.2) is 9.97 Å². The largest absolute Gasteiger partial charge is 0.449 e. The van der Waals surface area contributed by atoms with Crippen molar-refractivity contribution in [2.24, 2.45) is 0 Å². The van der Waals surface area contributed by atoms with Crippen LogP contribution in [0.5, 0.6) is 0 Å². The second kappa shape index (κ2) is 4.33. The summed E-state index contributed by atoms with van der Waals surface area (Å²) in [6.45, 7) is 0. The van der Waals surface area contributed by atoms with Crippen molar-refractivity contribution >= 4 is 22.8 Å². The topological polar surface area (TPSA) is 106 Å². The van der Waals surface area contributed by atoms with Gasteiger partial charge in [0.2, 0.25) is 11.8 Å². The third-order valence-electron chi connectivity index (χ3n) is 2.90. The summed E-state index contributed by atoms with van der Waals surface area (Å²) in [5, 5.41) is 0. The number of aromatic nitrogens is 4. The molecule has 0 saturated carbocycles. The number of rotatable bonds is 1. The third-order valence-corrected chi connectivity index (χ3v) is 2.90. The van der Waals surface area contributed by atoms with Gasteiger partial charge in [0, 0.05) is 11.8 Å². The number of nitrogen functional groups attached to an aromatic ring is 2. The van der Waals surface area contributed by atoms with Crippen LogP contribution in [-0.4, -0.2) is 19.9 Å². The van der Waals surface area contributed by atoms with E-state index in [-0.39, 0.29) is 22.8 Å². The molecule has 0 bridgehead atoms. The third kappa shape index (κ3) is 2.33. The lowest BCUT2D eigenvalue weighted by Crippen LogP contribution is -2.06. The second-order valence-electron chi connectivity index (χ2n) is 4.34. The van der Waals surface area contributed by atoms with Crippen molar-refractivity contribution in [2.75, 3.05) is 11.5 Å². The maximum Gasteiger partial charge on any atom is 0.449 e. The van der Waals surface area contributed by atoms with Gasteiger partial charge in [-0.1, -0.05) is 6.07 Å². The first-order valence-electron chi connectivity index (χ1n) is 5.80. The Hall–Kier alpha value is -2.84. The zero-order valence-electron chi connectivity index (χ0n) is 10.4. The van der Waals surface area contributed by atoms with Gasteiger partial charge in [-0.15, -0.1) is 0 Å². The predicted octanol–water partition coefficient (Wildman–Crippen LogP) is 2.20. The smallest absolute Gasteiger partial charge is 0.383 e. The van der Waals surface area contributed by atoms with Crippen LogP contribution in [0, 0.1) is 0 Å². The molecule has 0 aliphatic rings. The molecule has 3 rings (SSSR count). The van der Waals surface area contributed by atoms with E-state index in [9.17, 15) is 13.2 Å². The Kier molecular flexibility index (Phi) is 2.71. The van der Waals surface area contributed by atoms with Gasteiger partial charge in [0.1, 0.15) is 5.82 Å². The first kappa shape index (κ1) is 13.2. The van der Waals surface area contributed by atoms with Crippen LogP contribution in [0.25, 0.3) is 22.2 Å². The van der Waals surface area contributed by atoms with Crippen molar-refractivity contribution in [2.45, 2.75) is 6.18 Å². The zero-order chi connectivity index (χ0) is 15.2. The van der Waals surface area contributed by atoms with Gasteiger partial charge in [0.15, 0.2) is 0 Å². The Morgan fingerprint density at radius 3 is 2.52 bits per heavy atom. The molecule has 2 heterocycles. The minimum atomic E-state index is -4.53. The maximum absolute atomic E-state index is 12.6. The molecule has 9 heteroatoms. The Morgan fingerprint density at radius 1 is 1.10 bits per heavy atom. The van der Waals surface area contributed by atoms with Crippen molar-refractivity contribution in [1.82, 2.24) is 19.9 Å². The SMILES string of the molecule is Nc1ncc(-c2ccc3nc(C(F)(F)F)[nH]c3c2)c(N)n1. The highest BCUT2D eigenvalue weighted by atomic mass is 19.4. The average Bonchev–Trinajstić information content (AvgIpc) is 2.81. The Bertz CT molecular complexity index is 823. The molecule has 2 aromatic heterocycles. The standard InChI is InChI=1S/C12H9F3N6/c13-12(14,15)10-19-7-2-1-5(3-8(7)20-10)6-4-18-11(17)21-9(6)16/h1-4H,(H,19,20)(H4,16,17,18,21). The summed E-state index contributed by atoms with van der Waals surface area (Å²) in [4.78, 5) is 13.4. The predicted molar refractivity (Wildman–Crippen MR) is 70.9 cm³/mol. The number of benzene rings is 1. The van der Waals surface area contributed by atoms with Crippen LogP contribution in [0.2, 0.25) is 0 Å². The molecule has 0 spiro atoms. The number of fused-ring (bicyclic) bond motifs is 1. The fraction of sp³-hybridized carbons (Fsp3) is 0.0833. The first-order chi connectivity index (χ1) is 9.84. The molecule has 0 amide bonds. The number of halogens is 3. The summed E-state index contributed by atoms with van der Waals surface area (Å²) < 4.78 is 37.8. The van der Waals surface area contributed by atoms with Crippen molar-refractivity contribution in [1.29, 1.82) is 0 Å². The number of hydrogen-bond donors (Lipinski definition) is 3. The molecule has 0 atom stereocenters. The normalized spacial score (nSPS) is 12.0. The summed E-state index contributed by atoms with van der Waals surface area (Å²) in [6, 6.07) is 4.56. The summed E-state index contributed by atoms with van der Waals surface area (Å²) >= 11 is 0. The fourth-order valence-corrected chi connectivity index (χ4v) is 1.94. The van der Waals surface area contributed by atoms with Gasteiger partial charge in [0.05, 0.1) is 11.0 Å². The van der Waals surface area contributed by atoms with Gasteiger partial charge in [0.25, 0.3) is 0 Å². The zero-order valence-corrected chi connectivity index (χ0v) is 10.4. The minimum absolute atomic E-state index is 0.0261. The van der Waals surface area contributed by atoms with E-state index in [0.717, 1.165) is 0 Å². The molecule has 108 valence electrons. The van der Waals surface area contributed by atoms with Crippen LogP contribution < -0.4 is 11.5 Å². The van der Waals surface area contributed by atoms with Crippen LogP contribution in [0.4, 0.5) is 24.9 Å². The average molecular weight is 294 g/mol. The van der Waals surface area contributed by atoms with E-state index in [4.69, 9.17) is 11.5 Å². The molecule has 0 aliphatic carbocycles. The van der Waals surface area contributed by atoms with Crippen LogP contribution >= 0.6 is 0 Å². The molecule has 0 radical (unpaired) electrons. The van der Waals surface area contributed by atoms with Gasteiger partial charge in [-0.2, -0.15) is 18.2 Å². The highest BCUT2D eigenvalue weighted by Crippen LogP contribution is 2.31. The molecule has 21 heavy (non-hydrogen) atoms. The lowest BCUT2D eigenvalue weighted by Gasteiger charge is -2.04. The van der Waals surface area contributed by atoms with Gasteiger partial charge in [-0.3, -0.25) is 0 Å². The molecule has 0 unspecified atom stereocenters. The second-order valence-corrected chi connectivity index (χ2v) is 4.34. The van der Waals surface area contributed by atoms with Gasteiger partial charge < -0.3 is 16.5 Å². The van der Waals surface area contributed by atoms with Crippen LogP contribution in [0.1, 0.15) is 5.82 Å². The van der Waals surface area contributed by atoms with E-state index in [1.807, 2.05) is 0 Å². The molecular weight excluding hydrogens is 285 g/mol. The molecule has 0 fully saturated rings. The Morgan fingerprint density at radius 2 is 1.86 bits per heavy atom. The first-order valence-corrected chi connectivity index (χ1v) is 5.80. The number of nitrogens with one attached hydrogen (secondary N) is 1. The summed E-state index contributed by atoms with van der Waals surface area (Å²) in [6.07, 6.45) is -3.11. The van der Waals surface area contributed by atoms with Crippen LogP contribution in [0.15, 0.2) is 24.4 Å². The number of aromatic amines is 1. The number of nitrogens with zero attached hydrogens (tertiary/aromatic N) is 3. The Balaban J connectivity index is 2.12. The van der Waals surface area contributed by atoms with E-state index >= 15 is 0 Å². The quantitative estimate of drug-likeness (QED) is 0.638. The molecule has 1 aromatic carbocycles. The molecule has 0 aliphatic heterocycles. The lowest BCUT2D eigenvalue weighted by molar-refractivity contribution is -0.144. The monoisotopic (exact) mass is 294 g/mol. The summed E-state index contributed by atoms with van der Waals surface area (Å²) in [7, 11) is 0. The van der Waals surface area contributed by atoms with E-state index in [1.54, 1.807) is 6.07 Å². The van der Waals surface area contributed by atoms with E-state index in [0.29, 0.717) is 11.1 Å². The highest BCUT2D eigenvalue weighted by molar-refractivity contribution is 5.84. The summed E-state index contributed by atoms with van der Waals surface area (Å²) in [5.74, 6) is -0.869. The number of anilines is 2. The van der Waals surface area contributed by atoms with Crippen LogP contribution in [-0.2, 0) is 6.18 Å². The van der Waals surface area contributed by atoms with E-state index in [1.165, 1.54) is 18.3 Å². The molecule has 3 aromatic rings. The molecule has 6 nitrogen and oxygen atoms in total. The number of H-pyrrole nitrogens is 1. The number of nitrogens with two attached hydrogens (primary N) is 2. The number of hydrogen-bond acceptors (Lipinski definition) is 5. The minimum Gasteiger partial charge on any atom is -0.383 e. The van der Waals surface area contributed by atoms with E-state index in [2.05, 4.69) is 19.9 Å². The van der Waals surface area contributed by atoms with Gasteiger partial charge >= 0.3 is 6.18 Å². The molecule has 5 N–H and O–H groups in total. The molecular formula is C12H9F3N6. The highest BCUT2D eigenvalue weighted by Gasteiger charge is 2.34. The molecule has 0 saturated heterocycles.